The van der Waals surface area contributed by atoms with E-state index in [0.29, 0.717) is 0 Å². The van der Waals surface area contributed by atoms with Crippen LogP contribution in [-0.2, 0) is 4.74 Å². The molecule has 0 saturated carbocycles. The Morgan fingerprint density at radius 3 is 1.57 bits per heavy atom. The molecule has 0 rings (SSSR count). The summed E-state index contributed by atoms with van der Waals surface area (Å²) in [6.45, 7) is 2.25. The Morgan fingerprint density at radius 1 is 0.739 bits per heavy atom. The maximum absolute atomic E-state index is 8.98. The second-order valence-electron chi connectivity index (χ2n) is 5.33. The quantitative estimate of drug-likeness (QED) is 0.427. The number of hydrogen-bond donors (Lipinski definition) is 1. The van der Waals surface area contributed by atoms with Gasteiger partial charge in [0.15, 0.2) is 0 Å². The Balaban J connectivity index is 3.52. The van der Waals surface area contributed by atoms with Crippen LogP contribution < -0.4 is 0 Å². The molecular weight excluding hydrogens is 284 g/mol. The van der Waals surface area contributed by atoms with Gasteiger partial charge in [0.25, 0.3) is 0 Å². The van der Waals surface area contributed by atoms with Gasteiger partial charge in [-0.05, 0) is 44.9 Å². The standard InChI is InChI=1S/C21H34O2/c1-3-4-5-6-7-8-9-10-11-12-13-14-15-16-17-18-19-21(20-22)23-2/h4-5,7-8,10-11,13-14,16-17,21-22H,3,6,9,12,15,18-20H2,1-2H3/b5-4-,8-7-,11-10-,14-13-,17-16-. The Labute approximate surface area is 142 Å². The van der Waals surface area contributed by atoms with Crippen LogP contribution in [0, 0.1) is 0 Å². The molecule has 0 amide bonds. The number of ether oxygens (including phenoxy) is 1. The number of hydrogen-bond acceptors (Lipinski definition) is 2. The van der Waals surface area contributed by atoms with E-state index in [4.69, 9.17) is 9.84 Å². The molecule has 130 valence electrons. The van der Waals surface area contributed by atoms with Crippen molar-refractivity contribution in [3.63, 3.8) is 0 Å². The van der Waals surface area contributed by atoms with E-state index in [1.165, 1.54) is 0 Å². The molecule has 1 atom stereocenters. The van der Waals surface area contributed by atoms with Crippen molar-refractivity contribution in [1.29, 1.82) is 0 Å². The maximum atomic E-state index is 8.98. The van der Waals surface area contributed by atoms with Crippen molar-refractivity contribution in [2.45, 2.75) is 58.0 Å². The predicted molar refractivity (Wildman–Crippen MR) is 102 cm³/mol. The highest BCUT2D eigenvalue weighted by molar-refractivity contribution is 5.00. The highest BCUT2D eigenvalue weighted by atomic mass is 16.5. The van der Waals surface area contributed by atoms with E-state index in [9.17, 15) is 0 Å². The van der Waals surface area contributed by atoms with Crippen molar-refractivity contribution in [2.75, 3.05) is 13.7 Å². The van der Waals surface area contributed by atoms with E-state index in [-0.39, 0.29) is 12.7 Å². The molecule has 0 aliphatic carbocycles. The summed E-state index contributed by atoms with van der Waals surface area (Å²) in [6, 6.07) is 0. The van der Waals surface area contributed by atoms with Crippen LogP contribution in [0.15, 0.2) is 60.8 Å². The highest BCUT2D eigenvalue weighted by Gasteiger charge is 2.01. The monoisotopic (exact) mass is 318 g/mol. The molecule has 1 N–H and O–H groups in total. The summed E-state index contributed by atoms with van der Waals surface area (Å²) in [5.74, 6) is 0. The summed E-state index contributed by atoms with van der Waals surface area (Å²) in [7, 11) is 1.64. The number of aliphatic hydroxyl groups is 1. The van der Waals surface area contributed by atoms with Crippen molar-refractivity contribution in [3.8, 4) is 0 Å². The zero-order valence-electron chi connectivity index (χ0n) is 14.9. The van der Waals surface area contributed by atoms with E-state index in [1.807, 2.05) is 0 Å². The Kier molecular flexibility index (Phi) is 17.5. The van der Waals surface area contributed by atoms with E-state index in [1.54, 1.807) is 7.11 Å². The van der Waals surface area contributed by atoms with Crippen molar-refractivity contribution < 1.29 is 9.84 Å². The van der Waals surface area contributed by atoms with Gasteiger partial charge in [-0.1, -0.05) is 67.7 Å². The van der Waals surface area contributed by atoms with Crippen LogP contribution in [0.25, 0.3) is 0 Å². The number of methoxy groups -OCH3 is 1. The van der Waals surface area contributed by atoms with Crippen molar-refractivity contribution in [2.24, 2.45) is 0 Å². The third-order valence-corrected chi connectivity index (χ3v) is 3.35. The zero-order valence-corrected chi connectivity index (χ0v) is 14.9. The van der Waals surface area contributed by atoms with Crippen LogP contribution in [0.1, 0.15) is 51.9 Å². The minimum absolute atomic E-state index is 0.0305. The molecule has 0 aromatic carbocycles. The zero-order chi connectivity index (χ0) is 17.0. The first-order valence-corrected chi connectivity index (χ1v) is 8.73. The number of rotatable bonds is 14. The lowest BCUT2D eigenvalue weighted by molar-refractivity contribution is 0.0440. The molecule has 2 nitrogen and oxygen atoms in total. The fourth-order valence-electron chi connectivity index (χ4n) is 1.93. The topological polar surface area (TPSA) is 29.5 Å². The summed E-state index contributed by atoms with van der Waals surface area (Å²) >= 11 is 0. The molecule has 0 fully saturated rings. The molecule has 2 heteroatoms. The fraction of sp³-hybridized carbons (Fsp3) is 0.524. The second kappa shape index (κ2) is 18.7. The van der Waals surface area contributed by atoms with Crippen molar-refractivity contribution in [3.05, 3.63) is 60.8 Å². The van der Waals surface area contributed by atoms with Gasteiger partial charge in [-0.2, -0.15) is 0 Å². The smallest absolute Gasteiger partial charge is 0.0804 e. The van der Waals surface area contributed by atoms with Gasteiger partial charge in [-0.25, -0.2) is 0 Å². The van der Waals surface area contributed by atoms with Gasteiger partial charge >= 0.3 is 0 Å². The molecule has 0 heterocycles. The summed E-state index contributed by atoms with van der Waals surface area (Å²) < 4.78 is 5.11. The third kappa shape index (κ3) is 16.8. The number of allylic oxidation sites excluding steroid dienone is 10. The average molecular weight is 319 g/mol. The van der Waals surface area contributed by atoms with Gasteiger partial charge in [0.05, 0.1) is 12.7 Å². The fourth-order valence-corrected chi connectivity index (χ4v) is 1.93. The van der Waals surface area contributed by atoms with Crippen molar-refractivity contribution >= 4 is 0 Å². The van der Waals surface area contributed by atoms with Crippen LogP contribution in [0.3, 0.4) is 0 Å². The predicted octanol–water partition coefficient (Wildman–Crippen LogP) is 5.53. The Morgan fingerprint density at radius 2 is 1.17 bits per heavy atom. The summed E-state index contributed by atoms with van der Waals surface area (Å²) in [5.41, 5.74) is 0. The summed E-state index contributed by atoms with van der Waals surface area (Å²) in [5, 5.41) is 8.98. The van der Waals surface area contributed by atoms with Crippen molar-refractivity contribution in [1.82, 2.24) is 0 Å². The maximum Gasteiger partial charge on any atom is 0.0804 e. The van der Waals surface area contributed by atoms with Crippen LogP contribution >= 0.6 is 0 Å². The lowest BCUT2D eigenvalue weighted by Crippen LogP contribution is -2.14. The molecule has 0 aliphatic heterocycles. The second-order valence-corrected chi connectivity index (χ2v) is 5.33. The summed E-state index contributed by atoms with van der Waals surface area (Å²) in [4.78, 5) is 0. The molecule has 0 bridgehead atoms. The van der Waals surface area contributed by atoms with Crippen LogP contribution in [0.2, 0.25) is 0 Å². The van der Waals surface area contributed by atoms with Gasteiger partial charge in [0.2, 0.25) is 0 Å². The Bertz CT molecular complexity index is 371. The minimum Gasteiger partial charge on any atom is -0.394 e. The molecular formula is C21H34O2. The van der Waals surface area contributed by atoms with E-state index < -0.39 is 0 Å². The van der Waals surface area contributed by atoms with E-state index in [2.05, 4.69) is 67.7 Å². The van der Waals surface area contributed by atoms with Crippen LogP contribution in [0.5, 0.6) is 0 Å². The third-order valence-electron chi connectivity index (χ3n) is 3.35. The molecule has 0 aliphatic rings. The van der Waals surface area contributed by atoms with Gasteiger partial charge in [-0.3, -0.25) is 0 Å². The number of aliphatic hydroxyl groups excluding tert-OH is 1. The van der Waals surface area contributed by atoms with E-state index in [0.717, 1.165) is 44.9 Å². The molecule has 0 aromatic heterocycles. The van der Waals surface area contributed by atoms with Gasteiger partial charge in [0, 0.05) is 7.11 Å². The first kappa shape index (κ1) is 21.6. The molecule has 0 spiro atoms. The van der Waals surface area contributed by atoms with Crippen LogP contribution in [0.4, 0.5) is 0 Å². The lowest BCUT2D eigenvalue weighted by atomic mass is 10.2. The van der Waals surface area contributed by atoms with E-state index >= 15 is 0 Å². The molecule has 23 heavy (non-hydrogen) atoms. The molecule has 0 radical (unpaired) electrons. The molecule has 1 unspecified atom stereocenters. The van der Waals surface area contributed by atoms with Crippen LogP contribution in [-0.4, -0.2) is 24.9 Å². The van der Waals surface area contributed by atoms with Gasteiger partial charge < -0.3 is 9.84 Å². The van der Waals surface area contributed by atoms with Gasteiger partial charge in [0.1, 0.15) is 0 Å². The highest BCUT2D eigenvalue weighted by Crippen LogP contribution is 2.02. The average Bonchev–Trinajstić information content (AvgIpc) is 2.58. The minimum atomic E-state index is -0.0305. The first-order chi connectivity index (χ1) is 11.3. The Hall–Kier alpha value is -1.38. The largest absolute Gasteiger partial charge is 0.394 e. The molecule has 0 aromatic rings. The lowest BCUT2D eigenvalue weighted by Gasteiger charge is -2.09. The SMILES string of the molecule is CC/C=C\C/C=C\C/C=C\C/C=C\C/C=C\CCC(CO)OC. The molecule has 0 saturated heterocycles. The van der Waals surface area contributed by atoms with Gasteiger partial charge in [-0.15, -0.1) is 0 Å². The summed E-state index contributed by atoms with van der Waals surface area (Å²) in [6.07, 6.45) is 28.9. The normalized spacial score (nSPS) is 14.4. The first-order valence-electron chi connectivity index (χ1n) is 8.73.